The van der Waals surface area contributed by atoms with Crippen molar-refractivity contribution in [1.29, 1.82) is 0 Å². The van der Waals surface area contributed by atoms with E-state index in [2.05, 4.69) is 40.3 Å². The van der Waals surface area contributed by atoms with Gasteiger partial charge in [0.05, 0.1) is 0 Å². The van der Waals surface area contributed by atoms with Crippen LogP contribution < -0.4 is 0 Å². The van der Waals surface area contributed by atoms with Crippen molar-refractivity contribution < 1.29 is 5.21 Å². The van der Waals surface area contributed by atoms with Crippen LogP contribution in [0.1, 0.15) is 34.1 Å². The molecule has 1 fully saturated rings. The molecule has 0 aromatic carbocycles. The van der Waals surface area contributed by atoms with E-state index in [0.717, 1.165) is 12.2 Å². The number of hydrogen-bond donors (Lipinski definition) is 2. The fourth-order valence-electron chi connectivity index (χ4n) is 2.18. The van der Waals surface area contributed by atoms with Crippen molar-refractivity contribution in [2.75, 3.05) is 5.75 Å². The van der Waals surface area contributed by atoms with Crippen molar-refractivity contribution in [3.8, 4) is 0 Å². The number of thiol groups is 1. The summed E-state index contributed by atoms with van der Waals surface area (Å²) in [7, 11) is 0. The molecular formula is C9H19NOS. The number of rotatable bonds is 1. The van der Waals surface area contributed by atoms with E-state index in [0.29, 0.717) is 5.92 Å². The second-order valence-electron chi connectivity index (χ2n) is 4.86. The predicted molar refractivity (Wildman–Crippen MR) is 53.7 cm³/mol. The lowest BCUT2D eigenvalue weighted by molar-refractivity contribution is -0.195. The Morgan fingerprint density at radius 1 is 1.42 bits per heavy atom. The van der Waals surface area contributed by atoms with Crippen molar-refractivity contribution >= 4 is 12.6 Å². The maximum absolute atomic E-state index is 9.89. The molecule has 1 aliphatic heterocycles. The van der Waals surface area contributed by atoms with Gasteiger partial charge in [-0.05, 0) is 45.8 Å². The summed E-state index contributed by atoms with van der Waals surface area (Å²) in [5, 5.41) is 11.4. The lowest BCUT2D eigenvalue weighted by atomic mass is 9.89. The highest BCUT2D eigenvalue weighted by atomic mass is 32.1. The molecule has 1 N–H and O–H groups in total. The first-order chi connectivity index (χ1) is 5.32. The Morgan fingerprint density at radius 2 is 1.92 bits per heavy atom. The summed E-state index contributed by atoms with van der Waals surface area (Å²) < 4.78 is 0. The highest BCUT2D eigenvalue weighted by Crippen LogP contribution is 2.43. The Hall–Kier alpha value is 0.270. The van der Waals surface area contributed by atoms with Crippen molar-refractivity contribution in [2.24, 2.45) is 5.92 Å². The minimum atomic E-state index is -0.134. The van der Waals surface area contributed by atoms with Crippen LogP contribution >= 0.6 is 12.6 Å². The standard InChI is InChI=1S/C9H19NOS/c1-8(2)5-7(6-12)9(3,4)10(8)11/h7,11-12H,5-6H2,1-4H3. The molecule has 0 amide bonds. The Bertz CT molecular complexity index is 179. The van der Waals surface area contributed by atoms with Gasteiger partial charge >= 0.3 is 0 Å². The van der Waals surface area contributed by atoms with Crippen LogP contribution in [0.4, 0.5) is 0 Å². The van der Waals surface area contributed by atoms with Gasteiger partial charge < -0.3 is 5.21 Å². The molecule has 1 aliphatic rings. The van der Waals surface area contributed by atoms with Gasteiger partial charge in [-0.15, -0.1) is 0 Å². The summed E-state index contributed by atoms with van der Waals surface area (Å²) in [6, 6.07) is 0. The van der Waals surface area contributed by atoms with E-state index >= 15 is 0 Å². The molecule has 0 spiro atoms. The van der Waals surface area contributed by atoms with Crippen molar-refractivity contribution in [2.45, 2.75) is 45.2 Å². The van der Waals surface area contributed by atoms with Gasteiger partial charge in [0.25, 0.3) is 0 Å². The second kappa shape index (κ2) is 2.89. The summed E-state index contributed by atoms with van der Waals surface area (Å²) in [5.41, 5.74) is -0.234. The lowest BCUT2D eigenvalue weighted by Crippen LogP contribution is -2.47. The molecule has 2 nitrogen and oxygen atoms in total. The first-order valence-electron chi connectivity index (χ1n) is 4.42. The third-order valence-corrected chi connectivity index (χ3v) is 3.53. The summed E-state index contributed by atoms with van der Waals surface area (Å²) in [5.74, 6) is 1.31. The fourth-order valence-corrected chi connectivity index (χ4v) is 2.76. The van der Waals surface area contributed by atoms with E-state index in [1.807, 2.05) is 0 Å². The molecular weight excluding hydrogens is 170 g/mol. The van der Waals surface area contributed by atoms with Crippen LogP contribution in [0.25, 0.3) is 0 Å². The summed E-state index contributed by atoms with van der Waals surface area (Å²) in [6.45, 7) is 8.28. The van der Waals surface area contributed by atoms with Crippen LogP contribution in [0.5, 0.6) is 0 Å². The topological polar surface area (TPSA) is 23.5 Å². The molecule has 0 aromatic heterocycles. The molecule has 0 radical (unpaired) electrons. The second-order valence-corrected chi connectivity index (χ2v) is 5.23. The van der Waals surface area contributed by atoms with Gasteiger partial charge in [-0.1, -0.05) is 0 Å². The van der Waals surface area contributed by atoms with Gasteiger partial charge in [0.2, 0.25) is 0 Å². The first-order valence-corrected chi connectivity index (χ1v) is 5.05. The van der Waals surface area contributed by atoms with Gasteiger partial charge in [-0.3, -0.25) is 0 Å². The summed E-state index contributed by atoms with van der Waals surface area (Å²) >= 11 is 4.31. The van der Waals surface area contributed by atoms with E-state index in [1.165, 1.54) is 5.06 Å². The predicted octanol–water partition coefficient (Wildman–Crippen LogP) is 2.18. The molecule has 0 bridgehead atoms. The molecule has 3 heteroatoms. The molecule has 1 unspecified atom stereocenters. The van der Waals surface area contributed by atoms with Crippen LogP contribution in [0.2, 0.25) is 0 Å². The zero-order valence-corrected chi connectivity index (χ0v) is 9.23. The van der Waals surface area contributed by atoms with Crippen LogP contribution in [0.3, 0.4) is 0 Å². The van der Waals surface area contributed by atoms with Gasteiger partial charge in [0, 0.05) is 11.1 Å². The molecule has 0 saturated carbocycles. The van der Waals surface area contributed by atoms with Crippen LogP contribution in [0, 0.1) is 5.92 Å². The number of hydrogen-bond acceptors (Lipinski definition) is 3. The van der Waals surface area contributed by atoms with Crippen molar-refractivity contribution in [1.82, 2.24) is 5.06 Å². The fraction of sp³-hybridized carbons (Fsp3) is 1.00. The van der Waals surface area contributed by atoms with Gasteiger partial charge in [0.15, 0.2) is 0 Å². The Balaban J connectivity index is 2.88. The maximum Gasteiger partial charge on any atom is 0.0446 e. The maximum atomic E-state index is 9.89. The van der Waals surface area contributed by atoms with Gasteiger partial charge in [-0.25, -0.2) is 0 Å². The van der Waals surface area contributed by atoms with Gasteiger partial charge in [-0.2, -0.15) is 17.7 Å². The van der Waals surface area contributed by atoms with Crippen molar-refractivity contribution in [3.63, 3.8) is 0 Å². The molecule has 0 aromatic rings. The minimum Gasteiger partial charge on any atom is -0.313 e. The van der Waals surface area contributed by atoms with Crippen molar-refractivity contribution in [3.05, 3.63) is 0 Å². The molecule has 72 valence electrons. The average Bonchev–Trinajstić information content (AvgIpc) is 2.11. The third-order valence-electron chi connectivity index (χ3n) is 3.08. The SMILES string of the molecule is CC1(C)CC(CS)C(C)(C)N1O. The van der Waals surface area contributed by atoms with Crippen LogP contribution in [0.15, 0.2) is 0 Å². The smallest absolute Gasteiger partial charge is 0.0446 e. The molecule has 1 saturated heterocycles. The zero-order chi connectivity index (χ0) is 9.57. The first kappa shape index (κ1) is 10.4. The molecule has 1 atom stereocenters. The highest BCUT2D eigenvalue weighted by molar-refractivity contribution is 7.80. The highest BCUT2D eigenvalue weighted by Gasteiger charge is 2.50. The average molecular weight is 189 g/mol. The molecule has 0 aliphatic carbocycles. The number of hydroxylamine groups is 2. The lowest BCUT2D eigenvalue weighted by Gasteiger charge is -2.35. The van der Waals surface area contributed by atoms with E-state index < -0.39 is 0 Å². The van der Waals surface area contributed by atoms with Crippen LogP contribution in [-0.4, -0.2) is 27.1 Å². The van der Waals surface area contributed by atoms with E-state index in [9.17, 15) is 5.21 Å². The molecule has 12 heavy (non-hydrogen) atoms. The Kier molecular flexibility index (Phi) is 2.50. The van der Waals surface area contributed by atoms with Crippen LogP contribution in [-0.2, 0) is 0 Å². The largest absolute Gasteiger partial charge is 0.313 e. The Labute approximate surface area is 80.3 Å². The third kappa shape index (κ3) is 1.38. The monoisotopic (exact) mass is 189 g/mol. The van der Waals surface area contributed by atoms with E-state index in [1.54, 1.807) is 0 Å². The number of nitrogens with zero attached hydrogens (tertiary/aromatic N) is 1. The van der Waals surface area contributed by atoms with E-state index in [4.69, 9.17) is 0 Å². The normalized spacial score (nSPS) is 34.0. The molecule has 1 rings (SSSR count). The zero-order valence-electron chi connectivity index (χ0n) is 8.33. The summed E-state index contributed by atoms with van der Waals surface area (Å²) in [4.78, 5) is 0. The molecule has 1 heterocycles. The quantitative estimate of drug-likeness (QED) is 0.618. The van der Waals surface area contributed by atoms with Gasteiger partial charge in [0.1, 0.15) is 0 Å². The summed E-state index contributed by atoms with van der Waals surface area (Å²) in [6.07, 6.45) is 1.01. The minimum absolute atomic E-state index is 0.100. The Morgan fingerprint density at radius 3 is 2.08 bits per heavy atom. The van der Waals surface area contributed by atoms with E-state index in [-0.39, 0.29) is 11.1 Å².